The van der Waals surface area contributed by atoms with Gasteiger partial charge >= 0.3 is 5.97 Å². The molecule has 0 spiro atoms. The molecule has 0 aliphatic heterocycles. The zero-order chi connectivity index (χ0) is 17.4. The van der Waals surface area contributed by atoms with E-state index in [1.165, 1.54) is 13.2 Å². The topological polar surface area (TPSA) is 84.3 Å². The fourth-order valence-electron chi connectivity index (χ4n) is 2.13. The van der Waals surface area contributed by atoms with Crippen molar-refractivity contribution in [3.63, 3.8) is 0 Å². The molecule has 0 radical (unpaired) electrons. The Balaban J connectivity index is 2.06. The van der Waals surface area contributed by atoms with Gasteiger partial charge in [-0.2, -0.15) is 0 Å². The van der Waals surface area contributed by atoms with E-state index in [2.05, 4.69) is 14.8 Å². The minimum absolute atomic E-state index is 0.0902. The van der Waals surface area contributed by atoms with Crippen LogP contribution in [0.15, 0.2) is 53.6 Å². The number of benzene rings is 2. The monoisotopic (exact) mass is 329 g/mol. The molecule has 0 bridgehead atoms. The SMILES string of the molecule is COC(=O)C(Cc1cccc(OCc2ccccc2F)c1)N=[N+]=[N-]. The van der Waals surface area contributed by atoms with Gasteiger partial charge in [-0.15, -0.1) is 0 Å². The highest BCUT2D eigenvalue weighted by Gasteiger charge is 2.18. The number of rotatable bonds is 7. The Bertz CT molecular complexity index is 760. The molecule has 0 aliphatic rings. The molecule has 7 heteroatoms. The Kier molecular flexibility index (Phi) is 6.16. The fourth-order valence-corrected chi connectivity index (χ4v) is 2.13. The summed E-state index contributed by atoms with van der Waals surface area (Å²) in [6.07, 6.45) is 0.188. The number of hydrogen-bond acceptors (Lipinski definition) is 4. The van der Waals surface area contributed by atoms with Gasteiger partial charge in [0.15, 0.2) is 0 Å². The summed E-state index contributed by atoms with van der Waals surface area (Å²) in [7, 11) is 1.23. The lowest BCUT2D eigenvalue weighted by molar-refractivity contribution is -0.142. The van der Waals surface area contributed by atoms with Crippen molar-refractivity contribution in [1.82, 2.24) is 0 Å². The number of esters is 1. The van der Waals surface area contributed by atoms with Crippen molar-refractivity contribution in [2.24, 2.45) is 5.11 Å². The largest absolute Gasteiger partial charge is 0.489 e. The maximum absolute atomic E-state index is 13.6. The Labute approximate surface area is 138 Å². The van der Waals surface area contributed by atoms with E-state index >= 15 is 0 Å². The summed E-state index contributed by atoms with van der Waals surface area (Å²) in [6, 6.07) is 12.4. The lowest BCUT2D eigenvalue weighted by Crippen LogP contribution is -2.22. The smallest absolute Gasteiger partial charge is 0.314 e. The first-order valence-electron chi connectivity index (χ1n) is 7.21. The van der Waals surface area contributed by atoms with E-state index in [4.69, 9.17) is 10.3 Å². The summed E-state index contributed by atoms with van der Waals surface area (Å²) in [4.78, 5) is 14.2. The summed E-state index contributed by atoms with van der Waals surface area (Å²) in [5.41, 5.74) is 9.73. The number of halogens is 1. The molecule has 2 rings (SSSR count). The predicted molar refractivity (Wildman–Crippen MR) is 85.8 cm³/mol. The molecular weight excluding hydrogens is 313 g/mol. The molecule has 24 heavy (non-hydrogen) atoms. The van der Waals surface area contributed by atoms with Crippen molar-refractivity contribution in [3.8, 4) is 5.75 Å². The van der Waals surface area contributed by atoms with Crippen LogP contribution in [0.4, 0.5) is 4.39 Å². The Hall–Kier alpha value is -3.05. The molecule has 0 amide bonds. The van der Waals surface area contributed by atoms with Gasteiger partial charge < -0.3 is 9.47 Å². The molecule has 0 heterocycles. The molecule has 0 fully saturated rings. The van der Waals surface area contributed by atoms with E-state index in [0.29, 0.717) is 11.3 Å². The maximum Gasteiger partial charge on any atom is 0.314 e. The molecule has 0 saturated carbocycles. The summed E-state index contributed by atoms with van der Waals surface area (Å²) < 4.78 is 23.8. The molecule has 1 unspecified atom stereocenters. The van der Waals surface area contributed by atoms with Crippen LogP contribution in [0.1, 0.15) is 11.1 Å². The number of carbonyl (C=O) groups excluding carboxylic acids is 1. The highest BCUT2D eigenvalue weighted by atomic mass is 19.1. The highest BCUT2D eigenvalue weighted by Crippen LogP contribution is 2.18. The van der Waals surface area contributed by atoms with Crippen molar-refractivity contribution in [1.29, 1.82) is 0 Å². The standard InChI is InChI=1S/C17H16FN3O3/c1-23-17(22)16(20-21-19)10-12-5-4-7-14(9-12)24-11-13-6-2-3-8-15(13)18/h2-9,16H,10-11H2,1H3. The Morgan fingerprint density at radius 3 is 2.79 bits per heavy atom. The molecule has 1 atom stereocenters. The van der Waals surface area contributed by atoms with Gasteiger partial charge in [0.1, 0.15) is 24.2 Å². The fraction of sp³-hybridized carbons (Fsp3) is 0.235. The molecule has 0 saturated heterocycles. The van der Waals surface area contributed by atoms with Crippen LogP contribution in [0.3, 0.4) is 0 Å². The van der Waals surface area contributed by atoms with Crippen LogP contribution in [-0.4, -0.2) is 19.1 Å². The molecule has 2 aromatic carbocycles. The molecule has 0 N–H and O–H groups in total. The number of hydrogen-bond donors (Lipinski definition) is 0. The normalized spacial score (nSPS) is 11.2. The minimum atomic E-state index is -0.943. The van der Waals surface area contributed by atoms with Gasteiger partial charge in [-0.1, -0.05) is 35.4 Å². The van der Waals surface area contributed by atoms with Crippen LogP contribution >= 0.6 is 0 Å². The van der Waals surface area contributed by atoms with Crippen LogP contribution in [-0.2, 0) is 22.6 Å². The van der Waals surface area contributed by atoms with Crippen LogP contribution in [0.25, 0.3) is 10.4 Å². The van der Waals surface area contributed by atoms with E-state index in [1.54, 1.807) is 42.5 Å². The van der Waals surface area contributed by atoms with Gasteiger partial charge in [-0.3, -0.25) is 4.79 Å². The third kappa shape index (κ3) is 4.72. The van der Waals surface area contributed by atoms with Crippen molar-refractivity contribution in [2.75, 3.05) is 7.11 Å². The number of carbonyl (C=O) groups is 1. The average molecular weight is 329 g/mol. The van der Waals surface area contributed by atoms with Gasteiger partial charge in [0.25, 0.3) is 0 Å². The van der Waals surface area contributed by atoms with Crippen LogP contribution in [0.2, 0.25) is 0 Å². The quantitative estimate of drug-likeness (QED) is 0.335. The first-order chi connectivity index (χ1) is 11.6. The first-order valence-corrected chi connectivity index (χ1v) is 7.21. The molecule has 0 aromatic heterocycles. The predicted octanol–water partition coefficient (Wildman–Crippen LogP) is 3.80. The second-order valence-electron chi connectivity index (χ2n) is 4.98. The van der Waals surface area contributed by atoms with E-state index in [1.807, 2.05) is 0 Å². The van der Waals surface area contributed by atoms with Crippen molar-refractivity contribution in [3.05, 3.63) is 75.9 Å². The van der Waals surface area contributed by atoms with E-state index in [9.17, 15) is 9.18 Å². The average Bonchev–Trinajstić information content (AvgIpc) is 2.60. The summed E-state index contributed by atoms with van der Waals surface area (Å²) >= 11 is 0. The van der Waals surface area contributed by atoms with Crippen molar-refractivity contribution in [2.45, 2.75) is 19.1 Å². The maximum atomic E-state index is 13.6. The summed E-state index contributed by atoms with van der Waals surface area (Å²) in [6.45, 7) is 0.0902. The Morgan fingerprint density at radius 2 is 2.08 bits per heavy atom. The second kappa shape index (κ2) is 8.55. The van der Waals surface area contributed by atoms with Crippen molar-refractivity contribution < 1.29 is 18.7 Å². The van der Waals surface area contributed by atoms with Gasteiger partial charge in [0.05, 0.1) is 7.11 Å². The molecule has 0 aliphatic carbocycles. The second-order valence-corrected chi connectivity index (χ2v) is 4.98. The minimum Gasteiger partial charge on any atom is -0.489 e. The lowest BCUT2D eigenvalue weighted by atomic mass is 10.1. The third-order valence-electron chi connectivity index (χ3n) is 3.34. The van der Waals surface area contributed by atoms with E-state index in [-0.39, 0.29) is 18.8 Å². The molecular formula is C17H16FN3O3. The van der Waals surface area contributed by atoms with Gasteiger partial charge in [-0.05, 0) is 35.7 Å². The van der Waals surface area contributed by atoms with E-state index < -0.39 is 12.0 Å². The first kappa shape index (κ1) is 17.3. The zero-order valence-electron chi connectivity index (χ0n) is 13.1. The highest BCUT2D eigenvalue weighted by molar-refractivity contribution is 5.76. The summed E-state index contributed by atoms with van der Waals surface area (Å²) in [5.74, 6) is -0.409. The molecule has 2 aromatic rings. The Morgan fingerprint density at radius 1 is 1.29 bits per heavy atom. The number of ether oxygens (including phenoxy) is 2. The molecule has 6 nitrogen and oxygen atoms in total. The molecule has 124 valence electrons. The number of azide groups is 1. The van der Waals surface area contributed by atoms with Gasteiger partial charge in [0, 0.05) is 10.5 Å². The van der Waals surface area contributed by atoms with Gasteiger partial charge in [-0.25, -0.2) is 4.39 Å². The lowest BCUT2D eigenvalue weighted by Gasteiger charge is -2.11. The zero-order valence-corrected chi connectivity index (χ0v) is 13.1. The number of methoxy groups -OCH3 is 1. The third-order valence-corrected chi connectivity index (χ3v) is 3.34. The van der Waals surface area contributed by atoms with Crippen molar-refractivity contribution >= 4 is 5.97 Å². The van der Waals surface area contributed by atoms with Crippen LogP contribution in [0.5, 0.6) is 5.75 Å². The van der Waals surface area contributed by atoms with E-state index in [0.717, 1.165) is 5.56 Å². The number of nitrogens with zero attached hydrogens (tertiary/aromatic N) is 3. The van der Waals surface area contributed by atoms with Gasteiger partial charge in [0.2, 0.25) is 0 Å². The van der Waals surface area contributed by atoms with Crippen LogP contribution in [0, 0.1) is 5.82 Å². The summed E-state index contributed by atoms with van der Waals surface area (Å²) in [5, 5.41) is 3.44. The van der Waals surface area contributed by atoms with Crippen LogP contribution < -0.4 is 4.74 Å².